The van der Waals surface area contributed by atoms with Crippen molar-refractivity contribution in [3.63, 3.8) is 0 Å². The Morgan fingerprint density at radius 1 is 0.735 bits per heavy atom. The average Bonchev–Trinajstić information content (AvgIpc) is 2.81. The van der Waals surface area contributed by atoms with E-state index in [9.17, 15) is 45.7 Å². The molecule has 0 aliphatic heterocycles. The first-order chi connectivity index (χ1) is 16.1. The molecule has 0 aliphatic carbocycles. The lowest BCUT2D eigenvalue weighted by Crippen LogP contribution is -2.04. The summed E-state index contributed by atoms with van der Waals surface area (Å²) in [6, 6.07) is 3.01. The van der Waals surface area contributed by atoms with Gasteiger partial charge >= 0.3 is 28.8 Å². The number of hydrogen-bond acceptors (Lipinski definition) is 13. The molecule has 0 fully saturated rings. The number of nitro groups is 4. The summed E-state index contributed by atoms with van der Waals surface area (Å²) in [4.78, 5) is 59.3. The Bertz CT molecular complexity index is 1630. The number of pyridine rings is 2. The van der Waals surface area contributed by atoms with Gasteiger partial charge in [-0.3, -0.25) is 20.2 Å². The maximum atomic E-state index is 11.4. The lowest BCUT2D eigenvalue weighted by molar-refractivity contribution is -0.425. The Labute approximate surface area is 183 Å². The van der Waals surface area contributed by atoms with Crippen molar-refractivity contribution in [3.8, 4) is 6.07 Å². The van der Waals surface area contributed by atoms with Crippen molar-refractivity contribution >= 4 is 61.7 Å². The van der Waals surface area contributed by atoms with E-state index in [4.69, 9.17) is 6.57 Å². The largest absolute Gasteiger partial charge is 0.443 e. The highest BCUT2D eigenvalue weighted by Crippen LogP contribution is 2.40. The molecular weight excluding hydrogens is 460 g/mol. The van der Waals surface area contributed by atoms with Crippen LogP contribution in [0, 0.1) is 58.4 Å². The molecule has 0 N–H and O–H groups in total. The van der Waals surface area contributed by atoms with Crippen LogP contribution in [0.25, 0.3) is 37.7 Å². The summed E-state index contributed by atoms with van der Waals surface area (Å²) in [7, 11) is 0. The van der Waals surface area contributed by atoms with Crippen LogP contribution in [0.1, 0.15) is 5.69 Å². The first-order valence-corrected chi connectivity index (χ1v) is 8.47. The molecule has 0 atom stereocenters. The monoisotopic (exact) mass is 462 g/mol. The third-order valence-corrected chi connectivity index (χ3v) is 4.53. The normalized spacial score (nSPS) is 10.6. The molecule has 0 aliphatic rings. The molecule has 4 aromatic rings. The predicted molar refractivity (Wildman–Crippen MR) is 108 cm³/mol. The van der Waals surface area contributed by atoms with Crippen LogP contribution < -0.4 is 0 Å². The second-order valence-corrected chi connectivity index (χ2v) is 6.30. The van der Waals surface area contributed by atoms with Crippen LogP contribution in [0.3, 0.4) is 0 Å². The van der Waals surface area contributed by atoms with Gasteiger partial charge in [-0.05, 0) is 19.8 Å². The fraction of sp³-hybridized carbons (Fsp3) is 0. The molecule has 34 heavy (non-hydrogen) atoms. The Hall–Kier alpha value is -6.04. The molecule has 1 aromatic carbocycles. The van der Waals surface area contributed by atoms with Crippen molar-refractivity contribution < 1.29 is 19.7 Å². The molecule has 0 amide bonds. The third kappa shape index (κ3) is 2.96. The molecule has 18 heteroatoms. The van der Waals surface area contributed by atoms with Crippen LogP contribution in [0.4, 0.5) is 28.8 Å². The van der Waals surface area contributed by atoms with Crippen molar-refractivity contribution in [3.05, 3.63) is 69.7 Å². The molecule has 4 rings (SSSR count). The smallest absolute Gasteiger partial charge is 0.358 e. The summed E-state index contributed by atoms with van der Waals surface area (Å²) < 4.78 is 0. The highest BCUT2D eigenvalue weighted by Gasteiger charge is 2.36. The van der Waals surface area contributed by atoms with Crippen molar-refractivity contribution in [2.75, 3.05) is 0 Å². The SMILES string of the molecule is [C-]#[N+]c1nc2c3cc([N+](=O)[O-])c([N+](=O)[O-])nc3c3nc([N+](=O)[O-])c([N+](=O)[O-])cc3c2nc1C#N. The average molecular weight is 462 g/mol. The molecule has 164 valence electrons. The van der Waals surface area contributed by atoms with Gasteiger partial charge in [-0.25, -0.2) is 4.98 Å². The zero-order valence-electron chi connectivity index (χ0n) is 15.9. The number of aromatic nitrogens is 4. The van der Waals surface area contributed by atoms with Gasteiger partial charge in [-0.15, -0.1) is 4.98 Å². The van der Waals surface area contributed by atoms with Crippen LogP contribution in [0.15, 0.2) is 12.1 Å². The minimum absolute atomic E-state index is 0.308. The van der Waals surface area contributed by atoms with Gasteiger partial charge < -0.3 is 25.1 Å². The fourth-order valence-electron chi connectivity index (χ4n) is 3.20. The zero-order chi connectivity index (χ0) is 24.9. The molecule has 0 saturated heterocycles. The van der Waals surface area contributed by atoms with Crippen LogP contribution in [0.2, 0.25) is 0 Å². The molecule has 0 saturated carbocycles. The predicted octanol–water partition coefficient (Wildman–Crippen LogP) is 2.78. The van der Waals surface area contributed by atoms with E-state index in [1.165, 1.54) is 0 Å². The minimum Gasteiger partial charge on any atom is -0.358 e. The van der Waals surface area contributed by atoms with Crippen LogP contribution in [0.5, 0.6) is 0 Å². The number of nitriles is 1. The van der Waals surface area contributed by atoms with Gasteiger partial charge in [0.25, 0.3) is 0 Å². The second kappa shape index (κ2) is 7.28. The maximum absolute atomic E-state index is 11.4. The second-order valence-electron chi connectivity index (χ2n) is 6.30. The Morgan fingerprint density at radius 2 is 1.15 bits per heavy atom. The number of rotatable bonds is 4. The summed E-state index contributed by atoms with van der Waals surface area (Å²) >= 11 is 0. The van der Waals surface area contributed by atoms with E-state index in [0.717, 1.165) is 0 Å². The van der Waals surface area contributed by atoms with Crippen molar-refractivity contribution in [1.82, 2.24) is 19.9 Å². The van der Waals surface area contributed by atoms with Crippen LogP contribution in [-0.4, -0.2) is 39.6 Å². The summed E-state index contributed by atoms with van der Waals surface area (Å²) in [5, 5.41) is 54.3. The summed E-state index contributed by atoms with van der Waals surface area (Å²) in [6.45, 7) is 7.18. The summed E-state index contributed by atoms with van der Waals surface area (Å²) in [6.07, 6.45) is 0. The maximum Gasteiger partial charge on any atom is 0.443 e. The standard InChI is InChI=1S/C16H2N10O8/c1-18-14-7(4-17)19-10-5-2-8(23(27)28)15(25(31)32)21-12(5)13-6(11(10)20-14)3-9(24(29)30)16(22-13)26(33)34/h2-3H. The van der Waals surface area contributed by atoms with Crippen LogP contribution >= 0.6 is 0 Å². The molecular formula is C16H2N10O8. The molecule has 0 bridgehead atoms. The Morgan fingerprint density at radius 3 is 1.50 bits per heavy atom. The Balaban J connectivity index is 2.41. The molecule has 18 nitrogen and oxygen atoms in total. The highest BCUT2D eigenvalue weighted by molar-refractivity contribution is 6.22. The van der Waals surface area contributed by atoms with Gasteiger partial charge in [-0.2, -0.15) is 5.26 Å². The number of benzene rings is 1. The van der Waals surface area contributed by atoms with Crippen molar-refractivity contribution in [1.29, 1.82) is 5.26 Å². The molecule has 0 radical (unpaired) electrons. The van der Waals surface area contributed by atoms with E-state index >= 15 is 0 Å². The molecule has 0 unspecified atom stereocenters. The van der Waals surface area contributed by atoms with Gasteiger partial charge in [-0.1, -0.05) is 6.57 Å². The molecule has 3 heterocycles. The van der Waals surface area contributed by atoms with Crippen molar-refractivity contribution in [2.24, 2.45) is 0 Å². The van der Waals surface area contributed by atoms with Gasteiger partial charge in [0.1, 0.15) is 11.6 Å². The quantitative estimate of drug-likeness (QED) is 0.183. The number of nitrogens with zero attached hydrogens (tertiary/aromatic N) is 10. The summed E-state index contributed by atoms with van der Waals surface area (Å²) in [5.74, 6) is -2.99. The van der Waals surface area contributed by atoms with E-state index in [1.54, 1.807) is 6.07 Å². The van der Waals surface area contributed by atoms with Gasteiger partial charge in [0.05, 0.1) is 20.6 Å². The minimum atomic E-state index is -1.23. The lowest BCUT2D eigenvalue weighted by atomic mass is 10.1. The van der Waals surface area contributed by atoms with Crippen molar-refractivity contribution in [2.45, 2.75) is 0 Å². The topological polar surface area (TPSA) is 252 Å². The van der Waals surface area contributed by atoms with E-state index in [1.807, 2.05) is 0 Å². The number of hydrogen-bond donors (Lipinski definition) is 0. The zero-order valence-corrected chi connectivity index (χ0v) is 15.9. The van der Waals surface area contributed by atoms with E-state index in [0.29, 0.717) is 12.1 Å². The first-order valence-electron chi connectivity index (χ1n) is 8.47. The fourth-order valence-corrected chi connectivity index (χ4v) is 3.20. The third-order valence-electron chi connectivity index (χ3n) is 4.53. The molecule has 3 aromatic heterocycles. The van der Waals surface area contributed by atoms with Gasteiger partial charge in [0.2, 0.25) is 11.0 Å². The van der Waals surface area contributed by atoms with Gasteiger partial charge in [0, 0.05) is 12.1 Å². The summed E-state index contributed by atoms with van der Waals surface area (Å²) in [5.41, 5.74) is -4.26. The van der Waals surface area contributed by atoms with E-state index in [2.05, 4.69) is 24.8 Å². The van der Waals surface area contributed by atoms with E-state index < -0.39 is 65.2 Å². The van der Waals surface area contributed by atoms with E-state index in [-0.39, 0.29) is 21.8 Å². The van der Waals surface area contributed by atoms with Gasteiger partial charge in [0.15, 0.2) is 11.2 Å². The highest BCUT2D eigenvalue weighted by atomic mass is 16.6. The molecule has 0 spiro atoms. The number of fused-ring (bicyclic) bond motifs is 6. The first kappa shape index (κ1) is 21.2. The van der Waals surface area contributed by atoms with Crippen LogP contribution in [-0.2, 0) is 0 Å². The Kier molecular flexibility index (Phi) is 4.54. The lowest BCUT2D eigenvalue weighted by Gasteiger charge is -2.04.